The fraction of sp³-hybridized carbons (Fsp3) is 0.526. The molecule has 0 aromatic heterocycles. The van der Waals surface area contributed by atoms with Crippen molar-refractivity contribution < 1.29 is 23.9 Å². The smallest absolute Gasteiger partial charge is 0.239 e. The lowest BCUT2D eigenvalue weighted by atomic mass is 9.84. The summed E-state index contributed by atoms with van der Waals surface area (Å²) < 4.78 is 11.1. The number of amides is 2. The standard InChI is InChI=1S/C19H24N2O5/c1-25-11-9-20-17(23)13-21-10-8-19(7-6-18(21)24)12-15(22)14-4-2-3-5-16(14)26-19/h2-5H,6-13H2,1H3,(H,20,23)/t19-/m0/s1. The molecule has 1 N–H and O–H groups in total. The van der Waals surface area contributed by atoms with Gasteiger partial charge in [0.05, 0.1) is 25.1 Å². The lowest BCUT2D eigenvalue weighted by Gasteiger charge is -2.37. The number of para-hydroxylation sites is 1. The molecule has 2 amide bonds. The predicted octanol–water partition coefficient (Wildman–Crippen LogP) is 1.17. The van der Waals surface area contributed by atoms with Crippen molar-refractivity contribution >= 4 is 17.6 Å². The van der Waals surface area contributed by atoms with Gasteiger partial charge < -0.3 is 19.7 Å². The Balaban J connectivity index is 1.65. The van der Waals surface area contributed by atoms with Crippen LogP contribution in [0.25, 0.3) is 0 Å². The molecule has 2 aliphatic heterocycles. The van der Waals surface area contributed by atoms with Crippen molar-refractivity contribution in [2.24, 2.45) is 0 Å². The summed E-state index contributed by atoms with van der Waals surface area (Å²) in [5.74, 6) is 0.336. The Hall–Kier alpha value is -2.41. The molecule has 0 radical (unpaired) electrons. The molecule has 1 aromatic rings. The van der Waals surface area contributed by atoms with Crippen molar-refractivity contribution in [2.75, 3.05) is 33.4 Å². The molecule has 1 spiro atoms. The lowest BCUT2D eigenvalue weighted by molar-refractivity contribution is -0.135. The number of rotatable bonds is 5. The number of methoxy groups -OCH3 is 1. The van der Waals surface area contributed by atoms with Gasteiger partial charge in [-0.25, -0.2) is 0 Å². The van der Waals surface area contributed by atoms with Gasteiger partial charge in [-0.3, -0.25) is 14.4 Å². The van der Waals surface area contributed by atoms with Crippen LogP contribution < -0.4 is 10.1 Å². The zero-order chi connectivity index (χ0) is 18.6. The van der Waals surface area contributed by atoms with Gasteiger partial charge in [0.1, 0.15) is 11.4 Å². The number of nitrogens with zero attached hydrogens (tertiary/aromatic N) is 1. The van der Waals surface area contributed by atoms with E-state index in [9.17, 15) is 14.4 Å². The van der Waals surface area contributed by atoms with E-state index in [0.717, 1.165) is 0 Å². The zero-order valence-corrected chi connectivity index (χ0v) is 15.0. The zero-order valence-electron chi connectivity index (χ0n) is 15.0. The van der Waals surface area contributed by atoms with E-state index >= 15 is 0 Å². The Morgan fingerprint density at radius 1 is 1.31 bits per heavy atom. The quantitative estimate of drug-likeness (QED) is 0.797. The van der Waals surface area contributed by atoms with Gasteiger partial charge in [0, 0.05) is 33.0 Å². The van der Waals surface area contributed by atoms with Crippen LogP contribution in [0.2, 0.25) is 0 Å². The lowest BCUT2D eigenvalue weighted by Crippen LogP contribution is -2.44. The molecule has 0 unspecified atom stereocenters. The normalized spacial score (nSPS) is 22.6. The summed E-state index contributed by atoms with van der Waals surface area (Å²) >= 11 is 0. The minimum Gasteiger partial charge on any atom is -0.486 e. The Morgan fingerprint density at radius 2 is 2.12 bits per heavy atom. The van der Waals surface area contributed by atoms with E-state index in [-0.39, 0.29) is 37.0 Å². The summed E-state index contributed by atoms with van der Waals surface area (Å²) in [5.41, 5.74) is -0.0642. The SMILES string of the molecule is COCCNC(=O)CN1CC[C@@]2(CCC1=O)CC(=O)c1ccccc1O2. The van der Waals surface area contributed by atoms with E-state index in [4.69, 9.17) is 9.47 Å². The van der Waals surface area contributed by atoms with Crippen LogP contribution in [0, 0.1) is 0 Å². The monoisotopic (exact) mass is 360 g/mol. The maximum Gasteiger partial charge on any atom is 0.239 e. The molecule has 0 saturated carbocycles. The number of ether oxygens (including phenoxy) is 2. The minimum absolute atomic E-state index is 0.0170. The molecule has 7 nitrogen and oxygen atoms in total. The summed E-state index contributed by atoms with van der Waals surface area (Å²) in [7, 11) is 1.56. The molecule has 1 aromatic carbocycles. The molecule has 0 bridgehead atoms. The Labute approximate surface area is 152 Å². The largest absolute Gasteiger partial charge is 0.486 e. The molecular weight excluding hydrogens is 336 g/mol. The van der Waals surface area contributed by atoms with Gasteiger partial charge in [-0.2, -0.15) is 0 Å². The van der Waals surface area contributed by atoms with Crippen LogP contribution in [-0.4, -0.2) is 61.4 Å². The second-order valence-corrected chi connectivity index (χ2v) is 6.79. The van der Waals surface area contributed by atoms with Crippen LogP contribution in [0.3, 0.4) is 0 Å². The topological polar surface area (TPSA) is 84.9 Å². The molecule has 3 rings (SSSR count). The minimum atomic E-state index is -0.664. The highest BCUT2D eigenvalue weighted by atomic mass is 16.5. The van der Waals surface area contributed by atoms with E-state index < -0.39 is 5.60 Å². The molecular formula is C19H24N2O5. The number of Topliss-reactive ketones (excluding diaryl/α,β-unsaturated/α-hetero) is 1. The maximum absolute atomic E-state index is 12.5. The van der Waals surface area contributed by atoms with Crippen LogP contribution in [-0.2, 0) is 14.3 Å². The third-order valence-corrected chi connectivity index (χ3v) is 4.94. The third kappa shape index (κ3) is 4.04. The number of hydrogen-bond acceptors (Lipinski definition) is 5. The van der Waals surface area contributed by atoms with Gasteiger partial charge in [-0.1, -0.05) is 12.1 Å². The van der Waals surface area contributed by atoms with Crippen LogP contribution in [0.15, 0.2) is 24.3 Å². The fourth-order valence-corrected chi connectivity index (χ4v) is 3.49. The number of carbonyl (C=O) groups is 3. The van der Waals surface area contributed by atoms with Crippen molar-refractivity contribution in [3.05, 3.63) is 29.8 Å². The van der Waals surface area contributed by atoms with Crippen LogP contribution in [0.1, 0.15) is 36.0 Å². The van der Waals surface area contributed by atoms with E-state index in [1.807, 2.05) is 12.1 Å². The first-order chi connectivity index (χ1) is 12.5. The van der Waals surface area contributed by atoms with Crippen molar-refractivity contribution in [1.29, 1.82) is 0 Å². The molecule has 140 valence electrons. The molecule has 26 heavy (non-hydrogen) atoms. The summed E-state index contributed by atoms with van der Waals surface area (Å²) in [6.45, 7) is 1.25. The van der Waals surface area contributed by atoms with E-state index in [1.165, 1.54) is 0 Å². The molecule has 2 aliphatic rings. The number of carbonyl (C=O) groups excluding carboxylic acids is 3. The second kappa shape index (κ2) is 7.86. The van der Waals surface area contributed by atoms with Crippen molar-refractivity contribution in [3.63, 3.8) is 0 Å². The second-order valence-electron chi connectivity index (χ2n) is 6.79. The summed E-state index contributed by atoms with van der Waals surface area (Å²) in [6, 6.07) is 7.22. The van der Waals surface area contributed by atoms with Gasteiger partial charge >= 0.3 is 0 Å². The molecule has 1 atom stereocenters. The third-order valence-electron chi connectivity index (χ3n) is 4.94. The Kier molecular flexibility index (Phi) is 5.56. The molecule has 0 aliphatic carbocycles. The predicted molar refractivity (Wildman–Crippen MR) is 94.1 cm³/mol. The Bertz CT molecular complexity index is 705. The number of fused-ring (bicyclic) bond motifs is 1. The number of benzene rings is 1. The molecule has 1 fully saturated rings. The van der Waals surface area contributed by atoms with Gasteiger partial charge in [0.2, 0.25) is 11.8 Å². The van der Waals surface area contributed by atoms with E-state index in [0.29, 0.717) is 43.9 Å². The Morgan fingerprint density at radius 3 is 2.92 bits per heavy atom. The van der Waals surface area contributed by atoms with Gasteiger partial charge in [-0.15, -0.1) is 0 Å². The molecule has 7 heteroatoms. The first kappa shape index (κ1) is 18.4. The highest BCUT2D eigenvalue weighted by Crippen LogP contribution is 2.39. The molecule has 1 saturated heterocycles. The highest BCUT2D eigenvalue weighted by Gasteiger charge is 2.43. The maximum atomic E-state index is 12.5. The number of hydrogen-bond donors (Lipinski definition) is 1. The first-order valence-corrected chi connectivity index (χ1v) is 8.88. The van der Waals surface area contributed by atoms with Gasteiger partial charge in [-0.05, 0) is 18.6 Å². The first-order valence-electron chi connectivity index (χ1n) is 8.88. The number of likely N-dealkylation sites (tertiary alicyclic amines) is 1. The fourth-order valence-electron chi connectivity index (χ4n) is 3.49. The van der Waals surface area contributed by atoms with Gasteiger partial charge in [0.15, 0.2) is 5.78 Å². The van der Waals surface area contributed by atoms with Crippen molar-refractivity contribution in [2.45, 2.75) is 31.3 Å². The van der Waals surface area contributed by atoms with E-state index in [2.05, 4.69) is 5.32 Å². The average molecular weight is 360 g/mol. The summed E-state index contributed by atoms with van der Waals surface area (Å²) in [4.78, 5) is 38.4. The van der Waals surface area contributed by atoms with Gasteiger partial charge in [0.25, 0.3) is 0 Å². The summed E-state index contributed by atoms with van der Waals surface area (Å²) in [5, 5.41) is 2.72. The van der Waals surface area contributed by atoms with Crippen LogP contribution >= 0.6 is 0 Å². The van der Waals surface area contributed by atoms with Crippen LogP contribution in [0.4, 0.5) is 0 Å². The van der Waals surface area contributed by atoms with E-state index in [1.54, 1.807) is 24.1 Å². The highest BCUT2D eigenvalue weighted by molar-refractivity contribution is 6.00. The average Bonchev–Trinajstić information content (AvgIpc) is 2.76. The van der Waals surface area contributed by atoms with Crippen molar-refractivity contribution in [1.82, 2.24) is 10.2 Å². The van der Waals surface area contributed by atoms with Crippen LogP contribution in [0.5, 0.6) is 5.75 Å². The number of nitrogens with one attached hydrogen (secondary N) is 1. The summed E-state index contributed by atoms with van der Waals surface area (Å²) in [6.07, 6.45) is 1.55. The van der Waals surface area contributed by atoms with Crippen molar-refractivity contribution in [3.8, 4) is 5.75 Å². The number of ketones is 1. The molecule has 2 heterocycles.